The molecule has 0 bridgehead atoms. The zero-order valence-electron chi connectivity index (χ0n) is 13.2. The van der Waals surface area contributed by atoms with Gasteiger partial charge in [-0.2, -0.15) is 13.2 Å². The van der Waals surface area contributed by atoms with Crippen molar-refractivity contribution in [3.05, 3.63) is 35.9 Å². The lowest BCUT2D eigenvalue weighted by atomic mass is 9.88. The van der Waals surface area contributed by atoms with Crippen LogP contribution in [0.2, 0.25) is 0 Å². The van der Waals surface area contributed by atoms with Gasteiger partial charge in [0.15, 0.2) is 0 Å². The highest BCUT2D eigenvalue weighted by Crippen LogP contribution is 2.35. The molecule has 2 aromatic rings. The molecule has 0 spiro atoms. The van der Waals surface area contributed by atoms with Crippen molar-refractivity contribution >= 4 is 10.0 Å². The Hall–Kier alpha value is -1.94. The van der Waals surface area contributed by atoms with Gasteiger partial charge in [0, 0.05) is 5.92 Å². The summed E-state index contributed by atoms with van der Waals surface area (Å²) in [5, 5.41) is 8.66. The summed E-state index contributed by atoms with van der Waals surface area (Å²) in [7, 11) is -3.88. The molecule has 1 fully saturated rings. The Bertz CT molecular complexity index is 854. The van der Waals surface area contributed by atoms with Crippen molar-refractivity contribution in [3.8, 4) is 5.69 Å². The Balaban J connectivity index is 2.05. The predicted octanol–water partition coefficient (Wildman–Crippen LogP) is 2.98. The normalized spacial score (nSPS) is 17.0. The zero-order valence-corrected chi connectivity index (χ0v) is 14.0. The number of rotatable bonds is 3. The van der Waals surface area contributed by atoms with E-state index >= 15 is 0 Å². The van der Waals surface area contributed by atoms with Crippen molar-refractivity contribution in [2.24, 2.45) is 5.14 Å². The first-order valence-corrected chi connectivity index (χ1v) is 9.38. The van der Waals surface area contributed by atoms with Gasteiger partial charge in [0.25, 0.3) is 5.82 Å². The van der Waals surface area contributed by atoms with Gasteiger partial charge in [0.2, 0.25) is 10.0 Å². The van der Waals surface area contributed by atoms with E-state index in [9.17, 15) is 21.6 Å². The van der Waals surface area contributed by atoms with Gasteiger partial charge in [0.1, 0.15) is 5.82 Å². The number of primary sulfonamides is 1. The number of aromatic nitrogens is 3. The van der Waals surface area contributed by atoms with Gasteiger partial charge in [0.05, 0.1) is 10.6 Å². The molecule has 0 atom stereocenters. The first-order chi connectivity index (χ1) is 11.7. The summed E-state index contributed by atoms with van der Waals surface area (Å²) in [4.78, 5) is 3.62. The van der Waals surface area contributed by atoms with E-state index in [1.54, 1.807) is 0 Å². The van der Waals surface area contributed by atoms with Crippen LogP contribution in [0.15, 0.2) is 29.2 Å². The molecule has 1 heterocycles. The topological polar surface area (TPSA) is 90.9 Å². The van der Waals surface area contributed by atoms with E-state index in [4.69, 9.17) is 5.14 Å². The summed E-state index contributed by atoms with van der Waals surface area (Å²) >= 11 is 0. The van der Waals surface area contributed by atoms with Crippen molar-refractivity contribution in [2.45, 2.75) is 49.1 Å². The van der Waals surface area contributed by atoms with Crippen LogP contribution in [0.25, 0.3) is 5.69 Å². The fraction of sp³-hybridized carbons (Fsp3) is 0.467. The maximum absolute atomic E-state index is 13.1. The molecule has 2 N–H and O–H groups in total. The average Bonchev–Trinajstić information content (AvgIpc) is 3.00. The number of hydrogen-bond acceptors (Lipinski definition) is 4. The molecular weight excluding hydrogens is 357 g/mol. The van der Waals surface area contributed by atoms with Gasteiger partial charge in [-0.25, -0.2) is 23.2 Å². The Morgan fingerprint density at radius 2 is 1.68 bits per heavy atom. The largest absolute Gasteiger partial charge is 0.453 e. The van der Waals surface area contributed by atoms with Gasteiger partial charge in [-0.15, -0.1) is 5.10 Å². The number of alkyl halides is 3. The predicted molar refractivity (Wildman–Crippen MR) is 83.6 cm³/mol. The van der Waals surface area contributed by atoms with Gasteiger partial charge < -0.3 is 0 Å². The molecule has 10 heteroatoms. The van der Waals surface area contributed by atoms with Crippen LogP contribution in [-0.4, -0.2) is 23.2 Å². The lowest BCUT2D eigenvalue weighted by Crippen LogP contribution is -2.13. The number of benzene rings is 1. The van der Waals surface area contributed by atoms with E-state index in [-0.39, 0.29) is 16.6 Å². The third-order valence-electron chi connectivity index (χ3n) is 4.27. The van der Waals surface area contributed by atoms with Crippen LogP contribution in [0.3, 0.4) is 0 Å². The molecule has 3 rings (SSSR count). The summed E-state index contributed by atoms with van der Waals surface area (Å²) in [5.41, 5.74) is 0.316. The van der Waals surface area contributed by atoms with Crippen molar-refractivity contribution < 1.29 is 21.6 Å². The lowest BCUT2D eigenvalue weighted by Gasteiger charge is -2.21. The monoisotopic (exact) mass is 374 g/mol. The summed E-state index contributed by atoms with van der Waals surface area (Å²) in [6.45, 7) is 0. The Kier molecular flexibility index (Phi) is 4.58. The summed E-state index contributed by atoms with van der Waals surface area (Å²) in [6, 6.07) is 5.23. The summed E-state index contributed by atoms with van der Waals surface area (Å²) in [5.74, 6) is -1.03. The van der Waals surface area contributed by atoms with E-state index in [0.717, 1.165) is 36.8 Å². The van der Waals surface area contributed by atoms with Crippen LogP contribution >= 0.6 is 0 Å². The second kappa shape index (κ2) is 6.41. The van der Waals surface area contributed by atoms with Gasteiger partial charge in [-0.1, -0.05) is 19.3 Å². The second-order valence-corrected chi connectivity index (χ2v) is 7.64. The molecule has 1 saturated carbocycles. The molecule has 1 aromatic carbocycles. The standard InChI is InChI=1S/C15H17F3N4O2S/c16-15(17,18)14-20-13(10-4-2-1-3-5-10)22(21-14)11-6-8-12(9-7-11)25(19,23)24/h6-10H,1-5H2,(H2,19,23,24). The van der Waals surface area contributed by atoms with Crippen molar-refractivity contribution in [1.29, 1.82) is 0 Å². The fourth-order valence-electron chi connectivity index (χ4n) is 3.04. The van der Waals surface area contributed by atoms with E-state index in [1.165, 1.54) is 24.3 Å². The quantitative estimate of drug-likeness (QED) is 0.894. The van der Waals surface area contributed by atoms with E-state index in [2.05, 4.69) is 10.1 Å². The van der Waals surface area contributed by atoms with Gasteiger partial charge in [-0.3, -0.25) is 0 Å². The smallest absolute Gasteiger partial charge is 0.225 e. The van der Waals surface area contributed by atoms with Crippen LogP contribution in [0.4, 0.5) is 13.2 Å². The van der Waals surface area contributed by atoms with Crippen molar-refractivity contribution in [2.75, 3.05) is 0 Å². The third kappa shape index (κ3) is 3.84. The molecule has 136 valence electrons. The molecule has 1 aliphatic carbocycles. The average molecular weight is 374 g/mol. The Morgan fingerprint density at radius 1 is 1.08 bits per heavy atom. The van der Waals surface area contributed by atoms with Crippen molar-refractivity contribution in [3.63, 3.8) is 0 Å². The second-order valence-electron chi connectivity index (χ2n) is 6.08. The van der Waals surface area contributed by atoms with E-state index in [1.807, 2.05) is 0 Å². The van der Waals surface area contributed by atoms with Crippen molar-refractivity contribution in [1.82, 2.24) is 14.8 Å². The molecule has 6 nitrogen and oxygen atoms in total. The minimum atomic E-state index is -4.64. The number of hydrogen-bond donors (Lipinski definition) is 1. The number of halogens is 3. The first kappa shape index (κ1) is 17.9. The zero-order chi connectivity index (χ0) is 18.2. The van der Waals surface area contributed by atoms with Crippen LogP contribution in [-0.2, 0) is 16.2 Å². The van der Waals surface area contributed by atoms with Crippen LogP contribution < -0.4 is 5.14 Å². The van der Waals surface area contributed by atoms with Gasteiger partial charge >= 0.3 is 6.18 Å². The van der Waals surface area contributed by atoms with Gasteiger partial charge in [-0.05, 0) is 37.1 Å². The highest BCUT2D eigenvalue weighted by atomic mass is 32.2. The minimum Gasteiger partial charge on any atom is -0.225 e. The minimum absolute atomic E-state index is 0.102. The molecule has 1 aromatic heterocycles. The third-order valence-corrected chi connectivity index (χ3v) is 5.20. The highest BCUT2D eigenvalue weighted by molar-refractivity contribution is 7.89. The lowest BCUT2D eigenvalue weighted by molar-refractivity contribution is -0.144. The maximum atomic E-state index is 13.1. The molecule has 0 aliphatic heterocycles. The van der Waals surface area contributed by atoms with Crippen LogP contribution in [0, 0.1) is 0 Å². The first-order valence-electron chi connectivity index (χ1n) is 7.83. The molecule has 0 unspecified atom stereocenters. The molecule has 1 aliphatic rings. The number of sulfonamides is 1. The van der Waals surface area contributed by atoms with Crippen LogP contribution in [0.1, 0.15) is 49.7 Å². The highest BCUT2D eigenvalue weighted by Gasteiger charge is 2.38. The summed E-state index contributed by atoms with van der Waals surface area (Å²) in [6.07, 6.45) is -0.210. The number of nitrogens with zero attached hydrogens (tertiary/aromatic N) is 3. The van der Waals surface area contributed by atoms with Crippen LogP contribution in [0.5, 0.6) is 0 Å². The molecule has 0 amide bonds. The molecular formula is C15H17F3N4O2S. The molecule has 0 saturated heterocycles. The molecule has 0 radical (unpaired) electrons. The summed E-state index contributed by atoms with van der Waals surface area (Å²) < 4.78 is 63.0. The Morgan fingerprint density at radius 3 is 2.20 bits per heavy atom. The molecule has 25 heavy (non-hydrogen) atoms. The fourth-order valence-corrected chi connectivity index (χ4v) is 3.55. The number of nitrogens with two attached hydrogens (primary N) is 1. The van der Waals surface area contributed by atoms with E-state index in [0.29, 0.717) is 5.69 Å². The maximum Gasteiger partial charge on any atom is 0.453 e. The van der Waals surface area contributed by atoms with E-state index < -0.39 is 22.0 Å². The SMILES string of the molecule is NS(=O)(=O)c1ccc(-n2nc(C(F)(F)F)nc2C2CCCCC2)cc1. The Labute approximate surface area is 142 Å².